The second kappa shape index (κ2) is 4.82. The van der Waals surface area contributed by atoms with Crippen LogP contribution in [0.25, 0.3) is 0 Å². The van der Waals surface area contributed by atoms with Gasteiger partial charge in [0.2, 0.25) is 5.91 Å². The molecule has 2 heterocycles. The molecule has 0 aromatic heterocycles. The van der Waals surface area contributed by atoms with Gasteiger partial charge in [0.15, 0.2) is 0 Å². The van der Waals surface area contributed by atoms with Gasteiger partial charge in [0, 0.05) is 19.7 Å². The van der Waals surface area contributed by atoms with E-state index in [0.717, 1.165) is 19.3 Å². The van der Waals surface area contributed by atoms with Gasteiger partial charge >= 0.3 is 0 Å². The third-order valence-electron chi connectivity index (χ3n) is 3.24. The Kier molecular flexibility index (Phi) is 3.43. The van der Waals surface area contributed by atoms with Gasteiger partial charge in [-0.25, -0.2) is 0 Å². The molecule has 2 atom stereocenters. The van der Waals surface area contributed by atoms with Crippen molar-refractivity contribution >= 4 is 11.8 Å². The summed E-state index contributed by atoms with van der Waals surface area (Å²) in [4.78, 5) is 25.2. The summed E-state index contributed by atoms with van der Waals surface area (Å²) in [6.45, 7) is 3.55. The van der Waals surface area contributed by atoms with Crippen molar-refractivity contribution < 1.29 is 14.3 Å². The van der Waals surface area contributed by atoms with E-state index in [1.165, 1.54) is 0 Å². The SMILES string of the molecule is CC1C(=O)NCCN1C(=O)C1CCCCO1. The van der Waals surface area contributed by atoms with Crippen LogP contribution in [0.4, 0.5) is 0 Å². The van der Waals surface area contributed by atoms with E-state index < -0.39 is 0 Å². The molecule has 2 aliphatic heterocycles. The molecule has 2 saturated heterocycles. The van der Waals surface area contributed by atoms with Crippen LogP contribution >= 0.6 is 0 Å². The number of nitrogens with one attached hydrogen (secondary N) is 1. The maximum absolute atomic E-state index is 12.1. The van der Waals surface area contributed by atoms with Crippen molar-refractivity contribution in [1.29, 1.82) is 0 Å². The number of carbonyl (C=O) groups is 2. The molecule has 0 spiro atoms. The van der Waals surface area contributed by atoms with E-state index in [-0.39, 0.29) is 24.0 Å². The Bertz CT molecular complexity index is 287. The van der Waals surface area contributed by atoms with Crippen LogP contribution in [0.5, 0.6) is 0 Å². The molecule has 1 N–H and O–H groups in total. The summed E-state index contributed by atoms with van der Waals surface area (Å²) in [6.07, 6.45) is 2.51. The highest BCUT2D eigenvalue weighted by Crippen LogP contribution is 2.17. The van der Waals surface area contributed by atoms with E-state index in [9.17, 15) is 9.59 Å². The van der Waals surface area contributed by atoms with Crippen LogP contribution in [0.2, 0.25) is 0 Å². The van der Waals surface area contributed by atoms with Gasteiger partial charge in [-0.05, 0) is 26.2 Å². The van der Waals surface area contributed by atoms with Crippen molar-refractivity contribution in [3.8, 4) is 0 Å². The minimum absolute atomic E-state index is 0.0259. The predicted octanol–water partition coefficient (Wildman–Crippen LogP) is -0.0976. The van der Waals surface area contributed by atoms with Crippen molar-refractivity contribution in [3.05, 3.63) is 0 Å². The lowest BCUT2D eigenvalue weighted by Crippen LogP contribution is -2.58. The first kappa shape index (κ1) is 11.4. The summed E-state index contributed by atoms with van der Waals surface area (Å²) in [5.41, 5.74) is 0. The first-order chi connectivity index (χ1) is 7.70. The molecule has 2 unspecified atom stereocenters. The second-order valence-electron chi connectivity index (χ2n) is 4.35. The van der Waals surface area contributed by atoms with Crippen LogP contribution in [0.1, 0.15) is 26.2 Å². The molecule has 2 aliphatic rings. The lowest BCUT2D eigenvalue weighted by Gasteiger charge is -2.36. The molecular weight excluding hydrogens is 208 g/mol. The van der Waals surface area contributed by atoms with Gasteiger partial charge < -0.3 is 15.0 Å². The average molecular weight is 226 g/mol. The molecule has 5 nitrogen and oxygen atoms in total. The van der Waals surface area contributed by atoms with Crippen LogP contribution in [-0.4, -0.2) is 48.6 Å². The summed E-state index contributed by atoms with van der Waals surface area (Å²) in [7, 11) is 0. The van der Waals surface area contributed by atoms with E-state index >= 15 is 0 Å². The summed E-state index contributed by atoms with van der Waals surface area (Å²) in [5.74, 6) is -0.0996. The third-order valence-corrected chi connectivity index (χ3v) is 3.24. The van der Waals surface area contributed by atoms with Crippen molar-refractivity contribution in [3.63, 3.8) is 0 Å². The Hall–Kier alpha value is -1.10. The van der Waals surface area contributed by atoms with Crippen molar-refractivity contribution in [2.45, 2.75) is 38.3 Å². The van der Waals surface area contributed by atoms with Crippen LogP contribution in [0.3, 0.4) is 0 Å². The Morgan fingerprint density at radius 2 is 2.31 bits per heavy atom. The molecule has 5 heteroatoms. The van der Waals surface area contributed by atoms with Crippen LogP contribution < -0.4 is 5.32 Å². The highest BCUT2D eigenvalue weighted by atomic mass is 16.5. The summed E-state index contributed by atoms with van der Waals surface area (Å²) >= 11 is 0. The molecule has 2 rings (SSSR count). The van der Waals surface area contributed by atoms with Gasteiger partial charge in [0.25, 0.3) is 5.91 Å². The van der Waals surface area contributed by atoms with Gasteiger partial charge in [-0.1, -0.05) is 0 Å². The number of carbonyl (C=O) groups excluding carboxylic acids is 2. The standard InChI is InChI=1S/C11H18N2O3/c1-8-10(14)12-5-6-13(8)11(15)9-4-2-3-7-16-9/h8-9H,2-7H2,1H3,(H,12,14). The first-order valence-corrected chi connectivity index (χ1v) is 5.90. The molecule has 90 valence electrons. The lowest BCUT2D eigenvalue weighted by atomic mass is 10.1. The Labute approximate surface area is 95.1 Å². The van der Waals surface area contributed by atoms with Crippen molar-refractivity contribution in [2.75, 3.05) is 19.7 Å². The van der Waals surface area contributed by atoms with Crippen LogP contribution in [0, 0.1) is 0 Å². The molecule has 0 radical (unpaired) electrons. The fourth-order valence-electron chi connectivity index (χ4n) is 2.20. The minimum atomic E-state index is -0.369. The normalized spacial score (nSPS) is 31.1. The maximum Gasteiger partial charge on any atom is 0.252 e. The van der Waals surface area contributed by atoms with Crippen LogP contribution in [-0.2, 0) is 14.3 Å². The Morgan fingerprint density at radius 3 is 3.00 bits per heavy atom. The number of nitrogens with zero attached hydrogens (tertiary/aromatic N) is 1. The van der Waals surface area contributed by atoms with Gasteiger partial charge in [-0.15, -0.1) is 0 Å². The molecule has 0 aliphatic carbocycles. The van der Waals surface area contributed by atoms with Crippen LogP contribution in [0.15, 0.2) is 0 Å². The fraction of sp³-hybridized carbons (Fsp3) is 0.818. The Balaban J connectivity index is 1.99. The quantitative estimate of drug-likeness (QED) is 0.679. The average Bonchev–Trinajstić information content (AvgIpc) is 2.33. The van der Waals surface area contributed by atoms with Gasteiger partial charge in [0.05, 0.1) is 0 Å². The largest absolute Gasteiger partial charge is 0.368 e. The molecule has 0 bridgehead atoms. The number of amides is 2. The molecule has 0 aromatic rings. The number of hydrogen-bond acceptors (Lipinski definition) is 3. The van der Waals surface area contributed by atoms with E-state index in [1.807, 2.05) is 0 Å². The highest BCUT2D eigenvalue weighted by Gasteiger charge is 2.34. The van der Waals surface area contributed by atoms with Crippen molar-refractivity contribution in [1.82, 2.24) is 10.2 Å². The number of hydrogen-bond donors (Lipinski definition) is 1. The zero-order valence-electron chi connectivity index (χ0n) is 9.57. The summed E-state index contributed by atoms with van der Waals surface area (Å²) in [5, 5.41) is 2.75. The number of rotatable bonds is 1. The first-order valence-electron chi connectivity index (χ1n) is 5.90. The zero-order valence-corrected chi connectivity index (χ0v) is 9.57. The van der Waals surface area contributed by atoms with E-state index in [1.54, 1.807) is 11.8 Å². The van der Waals surface area contributed by atoms with Gasteiger partial charge in [-0.3, -0.25) is 9.59 Å². The molecule has 0 saturated carbocycles. The fourth-order valence-corrected chi connectivity index (χ4v) is 2.20. The predicted molar refractivity (Wildman–Crippen MR) is 57.8 cm³/mol. The maximum atomic E-state index is 12.1. The second-order valence-corrected chi connectivity index (χ2v) is 4.35. The van der Waals surface area contributed by atoms with E-state index in [2.05, 4.69) is 5.32 Å². The molecular formula is C11H18N2O3. The smallest absolute Gasteiger partial charge is 0.252 e. The molecule has 16 heavy (non-hydrogen) atoms. The molecule has 2 fully saturated rings. The summed E-state index contributed by atoms with van der Waals surface area (Å²) in [6, 6.07) is -0.369. The monoisotopic (exact) mass is 226 g/mol. The Morgan fingerprint density at radius 1 is 1.50 bits per heavy atom. The number of piperazine rings is 1. The van der Waals surface area contributed by atoms with E-state index in [0.29, 0.717) is 19.7 Å². The topological polar surface area (TPSA) is 58.6 Å². The number of ether oxygens (including phenoxy) is 1. The van der Waals surface area contributed by atoms with Gasteiger partial charge in [-0.2, -0.15) is 0 Å². The minimum Gasteiger partial charge on any atom is -0.368 e. The highest BCUT2D eigenvalue weighted by molar-refractivity contribution is 5.90. The van der Waals surface area contributed by atoms with E-state index in [4.69, 9.17) is 4.74 Å². The lowest BCUT2D eigenvalue weighted by molar-refractivity contribution is -0.153. The third kappa shape index (κ3) is 2.19. The van der Waals surface area contributed by atoms with Crippen molar-refractivity contribution in [2.24, 2.45) is 0 Å². The van der Waals surface area contributed by atoms with Gasteiger partial charge in [0.1, 0.15) is 12.1 Å². The molecule has 0 aromatic carbocycles. The zero-order chi connectivity index (χ0) is 11.5. The summed E-state index contributed by atoms with van der Waals surface area (Å²) < 4.78 is 5.45. The molecule has 2 amide bonds.